The smallest absolute Gasteiger partial charge is 0.244 e. The van der Waals surface area contributed by atoms with Gasteiger partial charge < -0.3 is 4.74 Å². The molecule has 28 heavy (non-hydrogen) atoms. The predicted molar refractivity (Wildman–Crippen MR) is 112 cm³/mol. The number of hydrogen-bond donors (Lipinski definition) is 1. The van der Waals surface area contributed by atoms with Gasteiger partial charge in [0.15, 0.2) is 0 Å². The molecule has 4 nitrogen and oxygen atoms in total. The highest BCUT2D eigenvalue weighted by Crippen LogP contribution is 2.66. The van der Waals surface area contributed by atoms with Crippen LogP contribution in [0.1, 0.15) is 43.7 Å². The Kier molecular flexibility index (Phi) is 5.40. The van der Waals surface area contributed by atoms with Gasteiger partial charge in [-0.25, -0.2) is 5.43 Å². The number of benzene rings is 2. The minimum Gasteiger partial charge on any atom is -0.489 e. The fraction of sp³-hybridized carbons (Fsp3) is 0.391. The van der Waals surface area contributed by atoms with Crippen LogP contribution in [0.5, 0.6) is 5.75 Å². The fourth-order valence-electron chi connectivity index (χ4n) is 4.52. The lowest BCUT2D eigenvalue weighted by atomic mass is 9.90. The SMILES string of the molecule is C[C@@]12CCCC[C@H]1[C@@H]2C(=O)N/N=C\c1ccc(OCc2ccccc2Cl)cc1. The van der Waals surface area contributed by atoms with Gasteiger partial charge in [-0.3, -0.25) is 4.79 Å². The third-order valence-electron chi connectivity index (χ3n) is 6.23. The van der Waals surface area contributed by atoms with E-state index >= 15 is 0 Å². The molecule has 0 aliphatic heterocycles. The number of carbonyl (C=O) groups excluding carboxylic acids is 1. The summed E-state index contributed by atoms with van der Waals surface area (Å²) in [5.41, 5.74) is 4.79. The number of rotatable bonds is 6. The van der Waals surface area contributed by atoms with Gasteiger partial charge in [-0.15, -0.1) is 0 Å². The Balaban J connectivity index is 1.27. The van der Waals surface area contributed by atoms with Gasteiger partial charge in [0.05, 0.1) is 6.21 Å². The number of fused-ring (bicyclic) bond motifs is 1. The molecule has 0 saturated heterocycles. The maximum Gasteiger partial charge on any atom is 0.244 e. The summed E-state index contributed by atoms with van der Waals surface area (Å²) in [5, 5.41) is 4.84. The molecular weight excluding hydrogens is 372 g/mol. The van der Waals surface area contributed by atoms with Gasteiger partial charge in [0.25, 0.3) is 0 Å². The average molecular weight is 397 g/mol. The number of ether oxygens (including phenoxy) is 1. The highest BCUT2D eigenvalue weighted by molar-refractivity contribution is 6.31. The van der Waals surface area contributed by atoms with Crippen molar-refractivity contribution in [3.05, 3.63) is 64.7 Å². The van der Waals surface area contributed by atoms with E-state index < -0.39 is 0 Å². The van der Waals surface area contributed by atoms with E-state index in [1.54, 1.807) is 6.21 Å². The first-order valence-electron chi connectivity index (χ1n) is 9.87. The van der Waals surface area contributed by atoms with E-state index in [2.05, 4.69) is 17.5 Å². The molecule has 1 amide bonds. The van der Waals surface area contributed by atoms with Gasteiger partial charge in [-0.1, -0.05) is 49.6 Å². The van der Waals surface area contributed by atoms with Crippen molar-refractivity contribution in [3.63, 3.8) is 0 Å². The predicted octanol–water partition coefficient (Wildman–Crippen LogP) is 5.20. The minimum absolute atomic E-state index is 0.0605. The Labute approximate surface area is 170 Å². The highest BCUT2D eigenvalue weighted by Gasteiger charge is 2.64. The second-order valence-corrected chi connectivity index (χ2v) is 8.43. The van der Waals surface area contributed by atoms with Crippen LogP contribution in [0.15, 0.2) is 53.6 Å². The van der Waals surface area contributed by atoms with Crippen LogP contribution in [0.3, 0.4) is 0 Å². The summed E-state index contributed by atoms with van der Waals surface area (Å²) < 4.78 is 5.78. The lowest BCUT2D eigenvalue weighted by Gasteiger charge is -2.15. The van der Waals surface area contributed by atoms with Crippen LogP contribution in [0.2, 0.25) is 5.02 Å². The molecule has 2 aromatic carbocycles. The van der Waals surface area contributed by atoms with Crippen molar-refractivity contribution in [2.75, 3.05) is 0 Å². The number of nitrogens with zero attached hydrogens (tertiary/aromatic N) is 1. The molecule has 0 unspecified atom stereocenters. The summed E-state index contributed by atoms with van der Waals surface area (Å²) in [6.45, 7) is 2.66. The number of amides is 1. The molecular formula is C23H25ClN2O2. The van der Waals surface area contributed by atoms with E-state index in [1.807, 2.05) is 48.5 Å². The van der Waals surface area contributed by atoms with Crippen LogP contribution in [0, 0.1) is 17.3 Å². The van der Waals surface area contributed by atoms with Crippen molar-refractivity contribution in [1.29, 1.82) is 0 Å². The molecule has 5 heteroatoms. The molecule has 0 radical (unpaired) electrons. The summed E-state index contributed by atoms with van der Waals surface area (Å²) in [4.78, 5) is 12.4. The van der Waals surface area contributed by atoms with Crippen LogP contribution in [0.25, 0.3) is 0 Å². The van der Waals surface area contributed by atoms with Gasteiger partial charge in [0, 0.05) is 16.5 Å². The number of halogens is 1. The van der Waals surface area contributed by atoms with Crippen LogP contribution < -0.4 is 10.2 Å². The van der Waals surface area contributed by atoms with Gasteiger partial charge in [0.2, 0.25) is 5.91 Å². The standard InChI is InChI=1S/C23H25ClN2O2/c1-23-13-5-4-7-19(23)21(23)22(27)26-25-14-16-9-11-18(12-10-16)28-15-17-6-2-3-8-20(17)24/h2-3,6,8-12,14,19,21H,4-5,7,13,15H2,1H3,(H,26,27)/b25-14-/t19-,21+,23+/m0/s1. The van der Waals surface area contributed by atoms with Crippen molar-refractivity contribution in [3.8, 4) is 5.75 Å². The maximum atomic E-state index is 12.4. The summed E-state index contributed by atoms with van der Waals surface area (Å²) in [7, 11) is 0. The van der Waals surface area contributed by atoms with E-state index in [4.69, 9.17) is 16.3 Å². The van der Waals surface area contributed by atoms with E-state index in [0.29, 0.717) is 17.5 Å². The summed E-state index contributed by atoms with van der Waals surface area (Å²) in [5.74, 6) is 1.50. The maximum absolute atomic E-state index is 12.4. The van der Waals surface area contributed by atoms with Gasteiger partial charge in [-0.2, -0.15) is 5.10 Å². The number of nitrogens with one attached hydrogen (secondary N) is 1. The van der Waals surface area contributed by atoms with Crippen molar-refractivity contribution in [1.82, 2.24) is 5.43 Å². The van der Waals surface area contributed by atoms with Gasteiger partial charge in [-0.05, 0) is 60.1 Å². The molecule has 2 aliphatic rings. The van der Waals surface area contributed by atoms with Crippen molar-refractivity contribution in [2.45, 2.75) is 39.2 Å². The monoisotopic (exact) mass is 396 g/mol. The zero-order valence-corrected chi connectivity index (χ0v) is 16.8. The molecule has 146 valence electrons. The van der Waals surface area contributed by atoms with E-state index in [9.17, 15) is 4.79 Å². The average Bonchev–Trinajstić information content (AvgIpc) is 3.34. The topological polar surface area (TPSA) is 50.7 Å². The lowest BCUT2D eigenvalue weighted by molar-refractivity contribution is -0.123. The number of hydrazone groups is 1. The van der Waals surface area contributed by atoms with E-state index in [-0.39, 0.29) is 17.2 Å². The Hall–Kier alpha value is -2.33. The second-order valence-electron chi connectivity index (χ2n) is 8.02. The molecule has 2 aromatic rings. The Morgan fingerprint density at radius 1 is 1.25 bits per heavy atom. The third kappa shape index (κ3) is 3.93. The van der Waals surface area contributed by atoms with Gasteiger partial charge >= 0.3 is 0 Å². The molecule has 0 spiro atoms. The molecule has 4 rings (SSSR count). The first kappa shape index (κ1) is 19.0. The fourth-order valence-corrected chi connectivity index (χ4v) is 4.71. The first-order valence-corrected chi connectivity index (χ1v) is 10.2. The lowest BCUT2D eigenvalue weighted by Crippen LogP contribution is -2.22. The molecule has 2 saturated carbocycles. The van der Waals surface area contributed by atoms with Crippen LogP contribution in [-0.2, 0) is 11.4 Å². The molecule has 2 fully saturated rings. The third-order valence-corrected chi connectivity index (χ3v) is 6.60. The first-order chi connectivity index (χ1) is 13.6. The van der Waals surface area contributed by atoms with Crippen LogP contribution in [0.4, 0.5) is 0 Å². The van der Waals surface area contributed by atoms with Crippen LogP contribution >= 0.6 is 11.6 Å². The Morgan fingerprint density at radius 2 is 2.04 bits per heavy atom. The van der Waals surface area contributed by atoms with E-state index in [0.717, 1.165) is 23.3 Å². The molecule has 0 aromatic heterocycles. The summed E-state index contributed by atoms with van der Waals surface area (Å²) in [6.07, 6.45) is 6.50. The van der Waals surface area contributed by atoms with Crippen molar-refractivity contribution in [2.24, 2.45) is 22.4 Å². The molecule has 0 bridgehead atoms. The Morgan fingerprint density at radius 3 is 2.75 bits per heavy atom. The number of carbonyl (C=O) groups is 1. The zero-order chi connectivity index (χ0) is 19.6. The normalized spacial score (nSPS) is 25.9. The largest absolute Gasteiger partial charge is 0.489 e. The van der Waals surface area contributed by atoms with Crippen LogP contribution in [-0.4, -0.2) is 12.1 Å². The van der Waals surface area contributed by atoms with E-state index in [1.165, 1.54) is 19.3 Å². The van der Waals surface area contributed by atoms with Gasteiger partial charge in [0.1, 0.15) is 12.4 Å². The second kappa shape index (κ2) is 7.96. The molecule has 0 heterocycles. The van der Waals surface area contributed by atoms with Crippen molar-refractivity contribution < 1.29 is 9.53 Å². The molecule has 3 atom stereocenters. The number of hydrogen-bond acceptors (Lipinski definition) is 3. The molecule has 2 aliphatic carbocycles. The minimum atomic E-state index is 0.0605. The quantitative estimate of drug-likeness (QED) is 0.539. The zero-order valence-electron chi connectivity index (χ0n) is 16.0. The molecule has 1 N–H and O–H groups in total. The highest BCUT2D eigenvalue weighted by atomic mass is 35.5. The van der Waals surface area contributed by atoms with Crippen molar-refractivity contribution >= 4 is 23.7 Å². The summed E-state index contributed by atoms with van der Waals surface area (Å²) >= 11 is 6.14. The summed E-state index contributed by atoms with van der Waals surface area (Å²) in [6, 6.07) is 15.2. The Bertz CT molecular complexity index is 880.